The Bertz CT molecular complexity index is 674. The SMILES string of the molecule is Sc1cccnc1-c1nccc2ccccc12. The summed E-state index contributed by atoms with van der Waals surface area (Å²) in [4.78, 5) is 9.63. The molecule has 3 rings (SSSR count). The van der Waals surface area contributed by atoms with Crippen molar-refractivity contribution in [3.8, 4) is 11.4 Å². The molecule has 17 heavy (non-hydrogen) atoms. The van der Waals surface area contributed by atoms with Crippen molar-refractivity contribution in [2.45, 2.75) is 4.90 Å². The summed E-state index contributed by atoms with van der Waals surface area (Å²) in [7, 11) is 0. The van der Waals surface area contributed by atoms with E-state index in [1.54, 1.807) is 12.4 Å². The van der Waals surface area contributed by atoms with E-state index in [-0.39, 0.29) is 0 Å². The van der Waals surface area contributed by atoms with Crippen LogP contribution in [0.1, 0.15) is 0 Å². The van der Waals surface area contributed by atoms with Crippen LogP contribution in [0.25, 0.3) is 22.2 Å². The Kier molecular flexibility index (Phi) is 2.53. The van der Waals surface area contributed by atoms with Crippen LogP contribution < -0.4 is 0 Å². The van der Waals surface area contributed by atoms with Crippen LogP contribution in [0.15, 0.2) is 59.8 Å². The highest BCUT2D eigenvalue weighted by Crippen LogP contribution is 2.28. The van der Waals surface area contributed by atoms with Crippen LogP contribution in [0.3, 0.4) is 0 Å². The van der Waals surface area contributed by atoms with Crippen LogP contribution in [0.2, 0.25) is 0 Å². The molecule has 2 aromatic heterocycles. The van der Waals surface area contributed by atoms with Gasteiger partial charge in [0, 0.05) is 22.7 Å². The van der Waals surface area contributed by atoms with Crippen LogP contribution in [-0.2, 0) is 0 Å². The summed E-state index contributed by atoms with van der Waals surface area (Å²) in [6.07, 6.45) is 3.57. The first-order chi connectivity index (χ1) is 8.36. The number of rotatable bonds is 1. The van der Waals surface area contributed by atoms with Gasteiger partial charge in [0.2, 0.25) is 0 Å². The predicted octanol–water partition coefficient (Wildman–Crippen LogP) is 3.59. The van der Waals surface area contributed by atoms with E-state index in [9.17, 15) is 0 Å². The lowest BCUT2D eigenvalue weighted by Crippen LogP contribution is -1.90. The standard InChI is InChI=1S/C14H10N2S/c17-12-6-3-8-15-14(12)13-11-5-2-1-4-10(11)7-9-16-13/h1-9,17H. The maximum absolute atomic E-state index is 4.43. The predicted molar refractivity (Wildman–Crippen MR) is 72.2 cm³/mol. The van der Waals surface area contributed by atoms with Crippen LogP contribution in [0.4, 0.5) is 0 Å². The Morgan fingerprint density at radius 2 is 1.59 bits per heavy atom. The van der Waals surface area contributed by atoms with Gasteiger partial charge in [-0.05, 0) is 23.6 Å². The van der Waals surface area contributed by atoms with Gasteiger partial charge in [0.25, 0.3) is 0 Å². The Morgan fingerprint density at radius 1 is 0.765 bits per heavy atom. The van der Waals surface area contributed by atoms with E-state index in [1.807, 2.05) is 30.3 Å². The first-order valence-electron chi connectivity index (χ1n) is 5.34. The fourth-order valence-corrected chi connectivity index (χ4v) is 2.14. The quantitative estimate of drug-likeness (QED) is 0.656. The van der Waals surface area contributed by atoms with Crippen molar-refractivity contribution in [3.05, 3.63) is 54.9 Å². The van der Waals surface area contributed by atoms with E-state index in [1.165, 1.54) is 0 Å². The fraction of sp³-hybridized carbons (Fsp3) is 0. The maximum atomic E-state index is 4.43. The van der Waals surface area contributed by atoms with Crippen LogP contribution in [-0.4, -0.2) is 9.97 Å². The van der Waals surface area contributed by atoms with E-state index < -0.39 is 0 Å². The average molecular weight is 238 g/mol. The van der Waals surface area contributed by atoms with Crippen molar-refractivity contribution >= 4 is 23.4 Å². The van der Waals surface area contributed by atoms with E-state index >= 15 is 0 Å². The molecular weight excluding hydrogens is 228 g/mol. The summed E-state index contributed by atoms with van der Waals surface area (Å²) < 4.78 is 0. The van der Waals surface area contributed by atoms with Gasteiger partial charge in [-0.25, -0.2) is 0 Å². The molecule has 0 saturated carbocycles. The molecule has 0 saturated heterocycles. The van der Waals surface area contributed by atoms with Crippen molar-refractivity contribution < 1.29 is 0 Å². The van der Waals surface area contributed by atoms with Gasteiger partial charge in [-0.2, -0.15) is 0 Å². The maximum Gasteiger partial charge on any atom is 0.103 e. The Balaban J connectivity index is 2.35. The first kappa shape index (κ1) is 10.3. The minimum atomic E-state index is 0.827. The number of fused-ring (bicyclic) bond motifs is 1. The van der Waals surface area contributed by atoms with Crippen molar-refractivity contribution in [2.24, 2.45) is 0 Å². The summed E-state index contributed by atoms with van der Waals surface area (Å²) in [6.45, 7) is 0. The highest BCUT2D eigenvalue weighted by molar-refractivity contribution is 7.80. The van der Waals surface area contributed by atoms with Crippen LogP contribution in [0, 0.1) is 0 Å². The Labute approximate surface area is 105 Å². The molecule has 3 heteroatoms. The van der Waals surface area contributed by atoms with Gasteiger partial charge < -0.3 is 0 Å². The van der Waals surface area contributed by atoms with Gasteiger partial charge in [0.15, 0.2) is 0 Å². The van der Waals surface area contributed by atoms with Gasteiger partial charge in [0.1, 0.15) is 5.69 Å². The summed E-state index contributed by atoms with van der Waals surface area (Å²) in [5, 5.41) is 2.26. The number of pyridine rings is 2. The van der Waals surface area contributed by atoms with E-state index in [0.29, 0.717) is 0 Å². The number of thiol groups is 1. The van der Waals surface area contributed by atoms with Gasteiger partial charge in [-0.3, -0.25) is 9.97 Å². The third-order valence-corrected chi connectivity index (χ3v) is 3.05. The lowest BCUT2D eigenvalue weighted by atomic mass is 10.1. The second-order valence-corrected chi connectivity index (χ2v) is 4.23. The van der Waals surface area contributed by atoms with Crippen molar-refractivity contribution in [1.82, 2.24) is 9.97 Å². The zero-order valence-electron chi connectivity index (χ0n) is 9.04. The smallest absolute Gasteiger partial charge is 0.103 e. The third kappa shape index (κ3) is 1.78. The Morgan fingerprint density at radius 3 is 2.47 bits per heavy atom. The monoisotopic (exact) mass is 238 g/mol. The molecule has 82 valence electrons. The third-order valence-electron chi connectivity index (χ3n) is 2.68. The lowest BCUT2D eigenvalue weighted by Gasteiger charge is -2.06. The van der Waals surface area contributed by atoms with Gasteiger partial charge in [-0.15, -0.1) is 12.6 Å². The number of nitrogens with zero attached hydrogens (tertiary/aromatic N) is 2. The second kappa shape index (κ2) is 4.18. The minimum absolute atomic E-state index is 0.827. The Hall–Kier alpha value is -1.87. The fourth-order valence-electron chi connectivity index (χ4n) is 1.89. The minimum Gasteiger partial charge on any atom is -0.254 e. The molecule has 0 N–H and O–H groups in total. The zero-order valence-corrected chi connectivity index (χ0v) is 9.93. The molecule has 0 amide bonds. The van der Waals surface area contributed by atoms with Crippen LogP contribution in [0.5, 0.6) is 0 Å². The molecule has 0 fully saturated rings. The molecule has 0 bridgehead atoms. The van der Waals surface area contributed by atoms with Crippen molar-refractivity contribution in [1.29, 1.82) is 0 Å². The van der Waals surface area contributed by atoms with Gasteiger partial charge in [0.05, 0.1) is 5.69 Å². The largest absolute Gasteiger partial charge is 0.254 e. The number of benzene rings is 1. The number of hydrogen-bond acceptors (Lipinski definition) is 3. The second-order valence-electron chi connectivity index (χ2n) is 3.75. The van der Waals surface area contributed by atoms with Crippen LogP contribution >= 0.6 is 12.6 Å². The molecule has 1 aromatic carbocycles. The molecule has 0 spiro atoms. The molecule has 0 radical (unpaired) electrons. The lowest BCUT2D eigenvalue weighted by molar-refractivity contribution is 1.21. The molecule has 3 aromatic rings. The van der Waals surface area contributed by atoms with E-state index in [2.05, 4.69) is 34.7 Å². The molecule has 0 unspecified atom stereocenters. The van der Waals surface area contributed by atoms with E-state index in [0.717, 1.165) is 27.1 Å². The molecule has 0 atom stereocenters. The number of aromatic nitrogens is 2. The molecule has 2 heterocycles. The summed E-state index contributed by atoms with van der Waals surface area (Å²) >= 11 is 4.43. The first-order valence-corrected chi connectivity index (χ1v) is 5.79. The van der Waals surface area contributed by atoms with Crippen molar-refractivity contribution in [3.63, 3.8) is 0 Å². The van der Waals surface area contributed by atoms with Gasteiger partial charge in [-0.1, -0.05) is 24.3 Å². The summed E-state index contributed by atoms with van der Waals surface area (Å²) in [5.74, 6) is 0. The number of hydrogen-bond donors (Lipinski definition) is 1. The topological polar surface area (TPSA) is 25.8 Å². The molecule has 2 nitrogen and oxygen atoms in total. The van der Waals surface area contributed by atoms with E-state index in [4.69, 9.17) is 0 Å². The highest BCUT2D eigenvalue weighted by atomic mass is 32.1. The summed E-state index contributed by atoms with van der Waals surface area (Å²) in [6, 6.07) is 14.0. The average Bonchev–Trinajstić information content (AvgIpc) is 2.39. The molecule has 0 aliphatic carbocycles. The summed E-state index contributed by atoms with van der Waals surface area (Å²) in [5.41, 5.74) is 1.71. The highest BCUT2D eigenvalue weighted by Gasteiger charge is 2.08. The molecule has 0 aliphatic heterocycles. The van der Waals surface area contributed by atoms with Crippen molar-refractivity contribution in [2.75, 3.05) is 0 Å². The molecular formula is C14H10N2S. The normalized spacial score (nSPS) is 10.6. The molecule has 0 aliphatic rings. The zero-order chi connectivity index (χ0) is 11.7. The van der Waals surface area contributed by atoms with Gasteiger partial charge >= 0.3 is 0 Å².